The van der Waals surface area contributed by atoms with Gasteiger partial charge in [-0.2, -0.15) is 0 Å². The van der Waals surface area contributed by atoms with E-state index in [-0.39, 0.29) is 5.82 Å². The van der Waals surface area contributed by atoms with Gasteiger partial charge in [0.1, 0.15) is 11.6 Å². The number of para-hydroxylation sites is 1. The topological polar surface area (TPSA) is 16.1 Å². The molecule has 2 rings (SSSR count). The Hall–Kier alpha value is -1.61. The van der Waals surface area contributed by atoms with Crippen molar-refractivity contribution in [2.45, 2.75) is 5.88 Å². The summed E-state index contributed by atoms with van der Waals surface area (Å²) in [5, 5.41) is 0. The predicted octanol–water partition coefficient (Wildman–Crippen LogP) is 3.73. The molecule has 2 aromatic rings. The van der Waals surface area contributed by atoms with E-state index in [4.69, 9.17) is 11.6 Å². The molecule has 0 unspecified atom stereocenters. The van der Waals surface area contributed by atoms with Crippen LogP contribution in [0.15, 0.2) is 42.6 Å². The van der Waals surface area contributed by atoms with Gasteiger partial charge in [-0.05, 0) is 29.8 Å². The van der Waals surface area contributed by atoms with Crippen LogP contribution >= 0.6 is 11.6 Å². The van der Waals surface area contributed by atoms with Crippen LogP contribution in [-0.2, 0) is 5.88 Å². The third-order valence-electron chi connectivity index (χ3n) is 2.52. The molecule has 0 saturated heterocycles. The number of pyridine rings is 1. The number of hydrogen-bond donors (Lipinski definition) is 0. The summed E-state index contributed by atoms with van der Waals surface area (Å²) in [4.78, 5) is 5.91. The highest BCUT2D eigenvalue weighted by atomic mass is 35.5. The Morgan fingerprint density at radius 2 is 2.06 bits per heavy atom. The molecule has 4 heteroatoms. The summed E-state index contributed by atoms with van der Waals surface area (Å²) in [5.74, 6) is 0.821. The second-order valence-electron chi connectivity index (χ2n) is 3.67. The Morgan fingerprint density at radius 1 is 1.29 bits per heavy atom. The Morgan fingerprint density at radius 3 is 2.76 bits per heavy atom. The van der Waals surface area contributed by atoms with Crippen LogP contribution in [0.5, 0.6) is 0 Å². The van der Waals surface area contributed by atoms with Crippen molar-refractivity contribution in [1.82, 2.24) is 4.98 Å². The second kappa shape index (κ2) is 5.15. The van der Waals surface area contributed by atoms with E-state index in [0.717, 1.165) is 5.56 Å². The summed E-state index contributed by atoms with van der Waals surface area (Å²) in [5.41, 5.74) is 1.45. The molecule has 1 heterocycles. The van der Waals surface area contributed by atoms with Crippen LogP contribution in [0.1, 0.15) is 5.56 Å². The Balaban J connectivity index is 2.37. The fraction of sp³-hybridized carbons (Fsp3) is 0.154. The van der Waals surface area contributed by atoms with Gasteiger partial charge in [0.15, 0.2) is 0 Å². The van der Waals surface area contributed by atoms with Crippen molar-refractivity contribution in [1.29, 1.82) is 0 Å². The van der Waals surface area contributed by atoms with Crippen LogP contribution < -0.4 is 4.90 Å². The summed E-state index contributed by atoms with van der Waals surface area (Å²) < 4.78 is 13.6. The van der Waals surface area contributed by atoms with Gasteiger partial charge >= 0.3 is 0 Å². The summed E-state index contributed by atoms with van der Waals surface area (Å²) in [6, 6.07) is 10.3. The first-order valence-electron chi connectivity index (χ1n) is 5.21. The van der Waals surface area contributed by atoms with E-state index >= 15 is 0 Å². The third kappa shape index (κ3) is 2.56. The summed E-state index contributed by atoms with van der Waals surface area (Å²) in [6.45, 7) is 0. The molecule has 0 N–H and O–H groups in total. The average Bonchev–Trinajstić information content (AvgIpc) is 2.38. The number of alkyl halides is 1. The molecule has 0 saturated carbocycles. The minimum Gasteiger partial charge on any atom is -0.327 e. The summed E-state index contributed by atoms with van der Waals surface area (Å²) in [7, 11) is 1.78. The molecule has 0 amide bonds. The van der Waals surface area contributed by atoms with Gasteiger partial charge in [0, 0.05) is 19.1 Å². The number of anilines is 2. The zero-order chi connectivity index (χ0) is 12.3. The molecule has 2 nitrogen and oxygen atoms in total. The zero-order valence-electron chi connectivity index (χ0n) is 9.40. The molecule has 0 radical (unpaired) electrons. The van der Waals surface area contributed by atoms with Crippen LogP contribution in [0.2, 0.25) is 0 Å². The monoisotopic (exact) mass is 250 g/mol. The van der Waals surface area contributed by atoms with Crippen molar-refractivity contribution < 1.29 is 4.39 Å². The van der Waals surface area contributed by atoms with E-state index in [1.807, 2.05) is 12.1 Å². The van der Waals surface area contributed by atoms with Gasteiger partial charge in [0.25, 0.3) is 0 Å². The van der Waals surface area contributed by atoms with Crippen LogP contribution in [0, 0.1) is 5.82 Å². The van der Waals surface area contributed by atoms with Gasteiger partial charge in [-0.1, -0.05) is 12.1 Å². The molecule has 0 fully saturated rings. The first kappa shape index (κ1) is 11.9. The fourth-order valence-electron chi connectivity index (χ4n) is 1.57. The highest BCUT2D eigenvalue weighted by Gasteiger charge is 2.09. The van der Waals surface area contributed by atoms with E-state index in [9.17, 15) is 4.39 Å². The van der Waals surface area contributed by atoms with Gasteiger partial charge in [-0.15, -0.1) is 11.6 Å². The molecule has 0 aliphatic carbocycles. The standard InChI is InChI=1S/C13H12ClFN2/c1-17(12-5-3-2-4-11(12)15)13-8-10(9-14)6-7-16-13/h2-8H,9H2,1H3. The number of halogens is 2. The molecule has 1 aromatic heterocycles. The summed E-state index contributed by atoms with van der Waals surface area (Å²) in [6.07, 6.45) is 1.67. The van der Waals surface area contributed by atoms with Crippen molar-refractivity contribution >= 4 is 23.1 Å². The lowest BCUT2D eigenvalue weighted by atomic mass is 10.2. The molecular weight excluding hydrogens is 239 g/mol. The molecule has 0 aliphatic rings. The number of hydrogen-bond acceptors (Lipinski definition) is 2. The lowest BCUT2D eigenvalue weighted by Gasteiger charge is -2.19. The quantitative estimate of drug-likeness (QED) is 0.772. The molecule has 0 atom stereocenters. The van der Waals surface area contributed by atoms with Gasteiger partial charge in [0.05, 0.1) is 5.69 Å². The fourth-order valence-corrected chi connectivity index (χ4v) is 1.74. The highest BCUT2D eigenvalue weighted by molar-refractivity contribution is 6.17. The molecule has 0 spiro atoms. The third-order valence-corrected chi connectivity index (χ3v) is 2.83. The first-order valence-corrected chi connectivity index (χ1v) is 5.75. The zero-order valence-corrected chi connectivity index (χ0v) is 10.2. The smallest absolute Gasteiger partial charge is 0.146 e. The van der Waals surface area contributed by atoms with Crippen molar-refractivity contribution in [2.75, 3.05) is 11.9 Å². The van der Waals surface area contributed by atoms with E-state index in [0.29, 0.717) is 17.4 Å². The number of benzene rings is 1. The lowest BCUT2D eigenvalue weighted by molar-refractivity contribution is 0.627. The van der Waals surface area contributed by atoms with Crippen LogP contribution in [0.3, 0.4) is 0 Å². The molecule has 88 valence electrons. The molecular formula is C13H12ClFN2. The maximum absolute atomic E-state index is 13.6. The maximum atomic E-state index is 13.6. The second-order valence-corrected chi connectivity index (χ2v) is 3.93. The highest BCUT2D eigenvalue weighted by Crippen LogP contribution is 2.24. The van der Waals surface area contributed by atoms with Gasteiger partial charge in [-0.3, -0.25) is 0 Å². The van der Waals surface area contributed by atoms with Gasteiger partial charge in [0.2, 0.25) is 0 Å². The molecule has 1 aromatic carbocycles. The van der Waals surface area contributed by atoms with E-state index < -0.39 is 0 Å². The van der Waals surface area contributed by atoms with Crippen molar-refractivity contribution in [3.05, 3.63) is 54.0 Å². The minimum absolute atomic E-state index is 0.270. The van der Waals surface area contributed by atoms with E-state index in [1.54, 1.807) is 36.3 Å². The average molecular weight is 251 g/mol. The predicted molar refractivity (Wildman–Crippen MR) is 68.3 cm³/mol. The lowest BCUT2D eigenvalue weighted by Crippen LogP contribution is -2.12. The van der Waals surface area contributed by atoms with Crippen LogP contribution in [0.25, 0.3) is 0 Å². The largest absolute Gasteiger partial charge is 0.327 e. The SMILES string of the molecule is CN(c1cc(CCl)ccn1)c1ccccc1F. The van der Waals surface area contributed by atoms with Gasteiger partial charge in [-0.25, -0.2) is 9.37 Å². The number of aromatic nitrogens is 1. The molecule has 17 heavy (non-hydrogen) atoms. The van der Waals surface area contributed by atoms with Crippen LogP contribution in [-0.4, -0.2) is 12.0 Å². The molecule has 0 bridgehead atoms. The van der Waals surface area contributed by atoms with E-state index in [2.05, 4.69) is 4.98 Å². The van der Waals surface area contributed by atoms with Crippen molar-refractivity contribution in [3.8, 4) is 0 Å². The Kier molecular flexibility index (Phi) is 3.59. The van der Waals surface area contributed by atoms with E-state index in [1.165, 1.54) is 6.07 Å². The minimum atomic E-state index is -0.270. The maximum Gasteiger partial charge on any atom is 0.146 e. The molecule has 0 aliphatic heterocycles. The van der Waals surface area contributed by atoms with Crippen LogP contribution in [0.4, 0.5) is 15.9 Å². The van der Waals surface area contributed by atoms with Crippen molar-refractivity contribution in [2.24, 2.45) is 0 Å². The van der Waals surface area contributed by atoms with Crippen molar-refractivity contribution in [3.63, 3.8) is 0 Å². The number of rotatable bonds is 3. The Bertz CT molecular complexity index is 516. The number of nitrogens with zero attached hydrogens (tertiary/aromatic N) is 2. The normalized spacial score (nSPS) is 10.3. The summed E-state index contributed by atoms with van der Waals surface area (Å²) >= 11 is 5.76. The Labute approximate surface area is 105 Å². The first-order chi connectivity index (χ1) is 8.22. The van der Waals surface area contributed by atoms with Gasteiger partial charge < -0.3 is 4.90 Å².